The van der Waals surface area contributed by atoms with E-state index in [1.165, 1.54) is 16.5 Å². The van der Waals surface area contributed by atoms with Crippen molar-refractivity contribution >= 4 is 22.8 Å². The van der Waals surface area contributed by atoms with Gasteiger partial charge in [-0.1, -0.05) is 50.2 Å². The highest BCUT2D eigenvalue weighted by Gasteiger charge is 2.11. The van der Waals surface area contributed by atoms with Gasteiger partial charge < -0.3 is 10.1 Å². The maximum atomic E-state index is 12.4. The molecule has 1 heterocycles. The lowest BCUT2D eigenvalue weighted by Crippen LogP contribution is -2.32. The molecule has 1 N–H and O–H groups in total. The molecular weight excluding hydrogens is 382 g/mol. The maximum absolute atomic E-state index is 12.4. The molecule has 3 aromatic rings. The largest absolute Gasteiger partial charge is 0.454 e. The molecule has 0 bridgehead atoms. The van der Waals surface area contributed by atoms with Gasteiger partial charge in [-0.05, 0) is 35.6 Å². The van der Waals surface area contributed by atoms with Crippen LogP contribution in [0.4, 0.5) is 0 Å². The molecule has 0 aliphatic heterocycles. The Labute approximate surface area is 174 Å². The fourth-order valence-corrected chi connectivity index (χ4v) is 3.02. The van der Waals surface area contributed by atoms with E-state index in [0.717, 1.165) is 5.56 Å². The van der Waals surface area contributed by atoms with Gasteiger partial charge in [0.15, 0.2) is 6.61 Å². The van der Waals surface area contributed by atoms with Crippen LogP contribution in [0.3, 0.4) is 0 Å². The minimum atomic E-state index is -0.673. The third-order valence-corrected chi connectivity index (χ3v) is 4.78. The van der Waals surface area contributed by atoms with Crippen molar-refractivity contribution < 1.29 is 14.3 Å². The Morgan fingerprint density at radius 3 is 2.57 bits per heavy atom. The van der Waals surface area contributed by atoms with Crippen LogP contribution in [0.5, 0.6) is 0 Å². The number of ether oxygens (including phenoxy) is 1. The summed E-state index contributed by atoms with van der Waals surface area (Å²) in [4.78, 5) is 40.4. The molecule has 7 nitrogen and oxygen atoms in total. The van der Waals surface area contributed by atoms with Gasteiger partial charge in [0.25, 0.3) is 11.5 Å². The summed E-state index contributed by atoms with van der Waals surface area (Å²) in [6.45, 7) is 4.05. The molecule has 0 saturated carbocycles. The van der Waals surface area contributed by atoms with Crippen molar-refractivity contribution in [1.29, 1.82) is 0 Å². The molecule has 0 saturated heterocycles. The monoisotopic (exact) mass is 407 g/mol. The molecular formula is C23H25N3O4. The van der Waals surface area contributed by atoms with Crippen molar-refractivity contribution in [3.05, 3.63) is 76.3 Å². The van der Waals surface area contributed by atoms with Gasteiger partial charge in [-0.25, -0.2) is 4.98 Å². The number of fused-ring (bicyclic) bond motifs is 1. The Morgan fingerprint density at radius 1 is 1.10 bits per heavy atom. The summed E-state index contributed by atoms with van der Waals surface area (Å²) in [5, 5.41) is 3.15. The first kappa shape index (κ1) is 21.2. The molecule has 156 valence electrons. The van der Waals surface area contributed by atoms with E-state index in [0.29, 0.717) is 29.8 Å². The van der Waals surface area contributed by atoms with Crippen LogP contribution in [0, 0.1) is 0 Å². The summed E-state index contributed by atoms with van der Waals surface area (Å²) in [5.41, 5.74) is 2.63. The molecule has 7 heteroatoms. The van der Waals surface area contributed by atoms with Crippen LogP contribution in [-0.4, -0.2) is 34.6 Å². The second kappa shape index (κ2) is 9.82. The van der Waals surface area contributed by atoms with Gasteiger partial charge >= 0.3 is 5.97 Å². The summed E-state index contributed by atoms with van der Waals surface area (Å²) >= 11 is 0. The van der Waals surface area contributed by atoms with E-state index in [-0.39, 0.29) is 24.6 Å². The van der Waals surface area contributed by atoms with Crippen LogP contribution in [0.1, 0.15) is 30.9 Å². The normalized spacial score (nSPS) is 10.9. The Morgan fingerprint density at radius 2 is 1.83 bits per heavy atom. The van der Waals surface area contributed by atoms with Crippen LogP contribution in [-0.2, 0) is 27.3 Å². The summed E-state index contributed by atoms with van der Waals surface area (Å²) in [5.74, 6) is -0.575. The fraction of sp³-hybridized carbons (Fsp3) is 0.304. The molecule has 0 aliphatic rings. The molecule has 0 spiro atoms. The molecule has 1 amide bonds. The number of nitrogens with one attached hydrogen (secondary N) is 1. The molecule has 0 unspecified atom stereocenters. The van der Waals surface area contributed by atoms with Crippen LogP contribution in [0.15, 0.2) is 59.7 Å². The van der Waals surface area contributed by atoms with Gasteiger partial charge in [0.1, 0.15) is 6.54 Å². The number of para-hydroxylation sites is 1. The van der Waals surface area contributed by atoms with Crippen LogP contribution >= 0.6 is 0 Å². The number of aromatic nitrogens is 2. The summed E-state index contributed by atoms with van der Waals surface area (Å²) in [6, 6.07) is 15.2. The number of nitrogens with zero attached hydrogens (tertiary/aromatic N) is 2. The van der Waals surface area contributed by atoms with Gasteiger partial charge in [-0.2, -0.15) is 0 Å². The molecule has 0 aliphatic carbocycles. The number of esters is 1. The predicted molar refractivity (Wildman–Crippen MR) is 114 cm³/mol. The molecule has 30 heavy (non-hydrogen) atoms. The van der Waals surface area contributed by atoms with Gasteiger partial charge in [0, 0.05) is 6.54 Å². The number of benzene rings is 2. The van der Waals surface area contributed by atoms with E-state index < -0.39 is 5.97 Å². The third-order valence-electron chi connectivity index (χ3n) is 4.78. The number of hydrogen-bond acceptors (Lipinski definition) is 5. The van der Waals surface area contributed by atoms with E-state index in [2.05, 4.69) is 48.4 Å². The van der Waals surface area contributed by atoms with E-state index in [4.69, 9.17) is 4.74 Å². The van der Waals surface area contributed by atoms with Crippen LogP contribution in [0.2, 0.25) is 0 Å². The van der Waals surface area contributed by atoms with E-state index in [1.54, 1.807) is 24.3 Å². The Balaban J connectivity index is 1.43. The maximum Gasteiger partial charge on any atom is 0.326 e. The second-order valence-electron chi connectivity index (χ2n) is 7.35. The number of amides is 1. The van der Waals surface area contributed by atoms with Crippen LogP contribution < -0.4 is 10.9 Å². The smallest absolute Gasteiger partial charge is 0.326 e. The minimum Gasteiger partial charge on any atom is -0.454 e. The Bertz CT molecular complexity index is 1090. The molecule has 0 fully saturated rings. The lowest BCUT2D eigenvalue weighted by atomic mass is 10.0. The standard InChI is InChI=1S/C23H25N3O4/c1-16(2)18-9-7-17(8-10-18)11-12-24-21(27)14-30-22(28)13-26-15-25-20-6-4-3-5-19(20)23(26)29/h3-10,15-16H,11-14H2,1-2H3,(H,24,27). The van der Waals surface area contributed by atoms with Crippen molar-refractivity contribution in [1.82, 2.24) is 14.9 Å². The topological polar surface area (TPSA) is 90.3 Å². The SMILES string of the molecule is CC(C)c1ccc(CCNC(=O)COC(=O)Cn2cnc3ccccc3c2=O)cc1. The van der Waals surface area contributed by atoms with Crippen molar-refractivity contribution in [2.45, 2.75) is 32.7 Å². The van der Waals surface area contributed by atoms with E-state index in [9.17, 15) is 14.4 Å². The molecule has 0 atom stereocenters. The molecule has 3 rings (SSSR count). The van der Waals surface area contributed by atoms with Crippen molar-refractivity contribution in [2.75, 3.05) is 13.2 Å². The lowest BCUT2D eigenvalue weighted by molar-refractivity contribution is -0.149. The highest BCUT2D eigenvalue weighted by Crippen LogP contribution is 2.14. The zero-order chi connectivity index (χ0) is 21.5. The highest BCUT2D eigenvalue weighted by atomic mass is 16.5. The van der Waals surface area contributed by atoms with Gasteiger partial charge in [-0.3, -0.25) is 19.0 Å². The van der Waals surface area contributed by atoms with Gasteiger partial charge in [0.05, 0.1) is 17.2 Å². The fourth-order valence-electron chi connectivity index (χ4n) is 3.02. The number of hydrogen-bond donors (Lipinski definition) is 1. The average Bonchev–Trinajstić information content (AvgIpc) is 2.75. The highest BCUT2D eigenvalue weighted by molar-refractivity contribution is 5.81. The zero-order valence-corrected chi connectivity index (χ0v) is 17.1. The van der Waals surface area contributed by atoms with Crippen molar-refractivity contribution in [2.24, 2.45) is 0 Å². The average molecular weight is 407 g/mol. The van der Waals surface area contributed by atoms with Crippen molar-refractivity contribution in [3.63, 3.8) is 0 Å². The quantitative estimate of drug-likeness (QED) is 0.579. The summed E-state index contributed by atoms with van der Waals surface area (Å²) in [6.07, 6.45) is 1.99. The second-order valence-corrected chi connectivity index (χ2v) is 7.35. The van der Waals surface area contributed by atoms with Gasteiger partial charge in [-0.15, -0.1) is 0 Å². The molecule has 0 radical (unpaired) electrons. The first-order valence-electron chi connectivity index (χ1n) is 9.89. The molecule has 1 aromatic heterocycles. The lowest BCUT2D eigenvalue weighted by Gasteiger charge is -2.09. The number of carbonyl (C=O) groups excluding carboxylic acids is 2. The Kier molecular flexibility index (Phi) is 6.95. The van der Waals surface area contributed by atoms with Gasteiger partial charge in [0.2, 0.25) is 0 Å². The summed E-state index contributed by atoms with van der Waals surface area (Å²) < 4.78 is 6.15. The predicted octanol–water partition coefficient (Wildman–Crippen LogP) is 2.42. The minimum absolute atomic E-state index is 0.299. The van der Waals surface area contributed by atoms with Crippen LogP contribution in [0.25, 0.3) is 10.9 Å². The van der Waals surface area contributed by atoms with E-state index in [1.807, 2.05) is 0 Å². The first-order valence-corrected chi connectivity index (χ1v) is 9.89. The van der Waals surface area contributed by atoms with Crippen molar-refractivity contribution in [3.8, 4) is 0 Å². The zero-order valence-electron chi connectivity index (χ0n) is 17.1. The van der Waals surface area contributed by atoms with E-state index >= 15 is 0 Å². The number of carbonyl (C=O) groups is 2. The number of rotatable bonds is 8. The third kappa shape index (κ3) is 5.53. The summed E-state index contributed by atoms with van der Waals surface area (Å²) in [7, 11) is 0. The Hall–Kier alpha value is -3.48. The molecule has 2 aromatic carbocycles. The first-order chi connectivity index (χ1) is 14.4.